The number of pyridine rings is 1. The van der Waals surface area contributed by atoms with Crippen LogP contribution in [0, 0.1) is 0 Å². The standard InChI is InChI=1S/C24H17Cl3N2O3/c1-2-32-16-8-6-14(7-9-16)17-11-15-5-3-4-10-29(15)22(17)23(30)24(31)28-21-13-19(26)18(25)12-20(21)27/h3-13H,2H2,1H3,(H,28,31). The minimum Gasteiger partial charge on any atom is -0.494 e. The summed E-state index contributed by atoms with van der Waals surface area (Å²) in [7, 11) is 0. The highest BCUT2D eigenvalue weighted by molar-refractivity contribution is 6.49. The van der Waals surface area contributed by atoms with E-state index in [0.717, 1.165) is 16.8 Å². The number of nitrogens with one attached hydrogen (secondary N) is 1. The number of benzene rings is 2. The zero-order valence-electron chi connectivity index (χ0n) is 16.9. The van der Waals surface area contributed by atoms with Gasteiger partial charge in [0.25, 0.3) is 11.7 Å². The molecule has 0 saturated heterocycles. The molecule has 0 spiro atoms. The van der Waals surface area contributed by atoms with Gasteiger partial charge in [-0.15, -0.1) is 0 Å². The van der Waals surface area contributed by atoms with Crippen LogP contribution >= 0.6 is 34.8 Å². The number of hydrogen-bond acceptors (Lipinski definition) is 3. The molecule has 0 aliphatic carbocycles. The fourth-order valence-corrected chi connectivity index (χ4v) is 3.97. The van der Waals surface area contributed by atoms with Crippen LogP contribution in [0.5, 0.6) is 5.75 Å². The smallest absolute Gasteiger partial charge is 0.298 e. The number of carbonyl (C=O) groups is 2. The molecule has 2 heterocycles. The average molecular weight is 488 g/mol. The molecular weight excluding hydrogens is 471 g/mol. The lowest BCUT2D eigenvalue weighted by Crippen LogP contribution is -2.24. The molecule has 2 aromatic heterocycles. The molecular formula is C24H17Cl3N2O3. The number of anilines is 1. The summed E-state index contributed by atoms with van der Waals surface area (Å²) in [6, 6.07) is 17.5. The first-order valence-electron chi connectivity index (χ1n) is 9.72. The Morgan fingerprint density at radius 2 is 1.66 bits per heavy atom. The molecule has 0 aliphatic heterocycles. The molecule has 1 amide bonds. The maximum absolute atomic E-state index is 13.3. The minimum absolute atomic E-state index is 0.173. The van der Waals surface area contributed by atoms with Crippen molar-refractivity contribution < 1.29 is 14.3 Å². The van der Waals surface area contributed by atoms with Gasteiger partial charge in [-0.2, -0.15) is 0 Å². The topological polar surface area (TPSA) is 59.8 Å². The Morgan fingerprint density at radius 1 is 0.938 bits per heavy atom. The summed E-state index contributed by atoms with van der Waals surface area (Å²) >= 11 is 18.1. The summed E-state index contributed by atoms with van der Waals surface area (Å²) in [5.74, 6) is -0.844. The fourth-order valence-electron chi connectivity index (χ4n) is 3.38. The predicted molar refractivity (Wildman–Crippen MR) is 128 cm³/mol. The van der Waals surface area contributed by atoms with Gasteiger partial charge in [-0.05, 0) is 55.0 Å². The third kappa shape index (κ3) is 4.32. The van der Waals surface area contributed by atoms with Gasteiger partial charge >= 0.3 is 0 Å². The Kier molecular flexibility index (Phi) is 6.42. The summed E-state index contributed by atoms with van der Waals surface area (Å²) in [4.78, 5) is 26.2. The molecule has 0 aliphatic rings. The SMILES string of the molecule is CCOc1ccc(-c2cc3ccccn3c2C(=O)C(=O)Nc2cc(Cl)c(Cl)cc2Cl)cc1. The Labute approximate surface area is 199 Å². The molecule has 0 unspecified atom stereocenters. The molecule has 1 N–H and O–H groups in total. The van der Waals surface area contributed by atoms with Gasteiger partial charge in [-0.3, -0.25) is 9.59 Å². The van der Waals surface area contributed by atoms with Crippen molar-refractivity contribution in [1.29, 1.82) is 0 Å². The summed E-state index contributed by atoms with van der Waals surface area (Å²) < 4.78 is 7.18. The van der Waals surface area contributed by atoms with Crippen LogP contribution in [0.25, 0.3) is 16.6 Å². The van der Waals surface area contributed by atoms with Crippen LogP contribution in [-0.2, 0) is 4.79 Å². The van der Waals surface area contributed by atoms with Gasteiger partial charge in [-0.25, -0.2) is 0 Å². The number of rotatable bonds is 6. The Hall–Kier alpha value is -2.99. The van der Waals surface area contributed by atoms with Crippen molar-refractivity contribution in [2.45, 2.75) is 6.92 Å². The highest BCUT2D eigenvalue weighted by Gasteiger charge is 2.25. The highest BCUT2D eigenvalue weighted by Crippen LogP contribution is 2.33. The summed E-state index contributed by atoms with van der Waals surface area (Å²) in [5.41, 5.74) is 2.61. The average Bonchev–Trinajstić information content (AvgIpc) is 3.17. The van der Waals surface area contributed by atoms with Gasteiger partial charge < -0.3 is 14.5 Å². The second kappa shape index (κ2) is 9.25. The molecule has 5 nitrogen and oxygen atoms in total. The molecule has 0 radical (unpaired) electrons. The Balaban J connectivity index is 1.74. The molecule has 0 atom stereocenters. The van der Waals surface area contributed by atoms with Crippen LogP contribution in [-0.4, -0.2) is 22.7 Å². The lowest BCUT2D eigenvalue weighted by Gasteiger charge is -2.10. The molecule has 4 rings (SSSR count). The van der Waals surface area contributed by atoms with Crippen molar-refractivity contribution in [2.75, 3.05) is 11.9 Å². The summed E-state index contributed by atoms with van der Waals surface area (Å²) in [6.45, 7) is 2.46. The monoisotopic (exact) mass is 486 g/mol. The molecule has 0 bridgehead atoms. The maximum atomic E-state index is 13.3. The van der Waals surface area contributed by atoms with Crippen molar-refractivity contribution in [3.05, 3.63) is 87.6 Å². The zero-order valence-corrected chi connectivity index (χ0v) is 19.1. The van der Waals surface area contributed by atoms with Crippen molar-refractivity contribution in [3.8, 4) is 16.9 Å². The van der Waals surface area contributed by atoms with E-state index in [1.54, 1.807) is 16.7 Å². The molecule has 8 heteroatoms. The molecule has 162 valence electrons. The first-order chi connectivity index (χ1) is 15.4. The number of ketones is 1. The van der Waals surface area contributed by atoms with Gasteiger partial charge in [0, 0.05) is 17.3 Å². The summed E-state index contributed by atoms with van der Waals surface area (Å²) in [5, 5.41) is 3.17. The molecule has 0 fully saturated rings. The largest absolute Gasteiger partial charge is 0.494 e. The quantitative estimate of drug-likeness (QED) is 0.185. The van der Waals surface area contributed by atoms with Gasteiger partial charge in [0.1, 0.15) is 11.4 Å². The number of carbonyl (C=O) groups excluding carboxylic acids is 2. The molecule has 2 aromatic carbocycles. The first-order valence-corrected chi connectivity index (χ1v) is 10.9. The number of aromatic nitrogens is 1. The maximum Gasteiger partial charge on any atom is 0.298 e. The van der Waals surface area contributed by atoms with Crippen LogP contribution < -0.4 is 10.1 Å². The van der Waals surface area contributed by atoms with E-state index in [1.807, 2.05) is 49.4 Å². The number of nitrogens with zero attached hydrogens (tertiary/aromatic N) is 1. The van der Waals surface area contributed by atoms with E-state index in [0.29, 0.717) is 12.2 Å². The number of fused-ring (bicyclic) bond motifs is 1. The van der Waals surface area contributed by atoms with Crippen LogP contribution in [0.15, 0.2) is 66.9 Å². The van der Waals surface area contributed by atoms with Crippen LogP contribution in [0.4, 0.5) is 5.69 Å². The van der Waals surface area contributed by atoms with Crippen molar-refractivity contribution in [3.63, 3.8) is 0 Å². The van der Waals surface area contributed by atoms with E-state index >= 15 is 0 Å². The fraction of sp³-hybridized carbons (Fsp3) is 0.0833. The van der Waals surface area contributed by atoms with E-state index < -0.39 is 11.7 Å². The van der Waals surface area contributed by atoms with E-state index in [4.69, 9.17) is 39.5 Å². The van der Waals surface area contributed by atoms with Crippen molar-refractivity contribution >= 4 is 57.7 Å². The number of ether oxygens (including phenoxy) is 1. The van der Waals surface area contributed by atoms with Gasteiger partial charge in [0.15, 0.2) is 0 Å². The number of Topliss-reactive ketones (excluding diaryl/α,β-unsaturated/α-hetero) is 1. The van der Waals surface area contributed by atoms with Crippen LogP contribution in [0.2, 0.25) is 15.1 Å². The van der Waals surface area contributed by atoms with Crippen molar-refractivity contribution in [2.24, 2.45) is 0 Å². The van der Waals surface area contributed by atoms with E-state index in [-0.39, 0.29) is 26.4 Å². The predicted octanol–water partition coefficient (Wildman–Crippen LogP) is 6.79. The first kappa shape index (κ1) is 22.2. The second-order valence-electron chi connectivity index (χ2n) is 6.89. The minimum atomic E-state index is -0.846. The number of hydrogen-bond donors (Lipinski definition) is 1. The molecule has 4 aromatic rings. The van der Waals surface area contributed by atoms with Gasteiger partial charge in [0.05, 0.1) is 27.4 Å². The lowest BCUT2D eigenvalue weighted by molar-refractivity contribution is -0.112. The molecule has 32 heavy (non-hydrogen) atoms. The van der Waals surface area contributed by atoms with E-state index in [9.17, 15) is 9.59 Å². The zero-order chi connectivity index (χ0) is 22.8. The lowest BCUT2D eigenvalue weighted by atomic mass is 10.0. The second-order valence-corrected chi connectivity index (χ2v) is 8.11. The van der Waals surface area contributed by atoms with Crippen molar-refractivity contribution in [1.82, 2.24) is 4.40 Å². The normalized spacial score (nSPS) is 10.9. The third-order valence-corrected chi connectivity index (χ3v) is 5.87. The van der Waals surface area contributed by atoms with Gasteiger partial charge in [0.2, 0.25) is 0 Å². The molecule has 0 saturated carbocycles. The highest BCUT2D eigenvalue weighted by atomic mass is 35.5. The number of amides is 1. The summed E-state index contributed by atoms with van der Waals surface area (Å²) in [6.07, 6.45) is 1.74. The van der Waals surface area contributed by atoms with E-state index in [1.165, 1.54) is 12.1 Å². The number of halogens is 3. The Bertz CT molecular complexity index is 1330. The van der Waals surface area contributed by atoms with E-state index in [2.05, 4.69) is 5.32 Å². The van der Waals surface area contributed by atoms with Gasteiger partial charge in [-0.1, -0.05) is 53.0 Å². The Morgan fingerprint density at radius 3 is 2.38 bits per heavy atom. The van der Waals surface area contributed by atoms with Crippen LogP contribution in [0.1, 0.15) is 17.4 Å². The third-order valence-electron chi connectivity index (χ3n) is 4.84. The van der Waals surface area contributed by atoms with Crippen LogP contribution in [0.3, 0.4) is 0 Å².